The van der Waals surface area contributed by atoms with Crippen LogP contribution in [0.25, 0.3) is 22.2 Å². The van der Waals surface area contributed by atoms with Crippen molar-refractivity contribution in [1.82, 2.24) is 28.9 Å². The summed E-state index contributed by atoms with van der Waals surface area (Å²) in [6.45, 7) is -1.10. The maximum absolute atomic E-state index is 16.4. The van der Waals surface area contributed by atoms with Gasteiger partial charge in [-0.15, -0.1) is 10.2 Å². The number of carbonyl (C=O) groups excluding carboxylic acids is 1. The number of ether oxygens (including phenoxy) is 2. The molecule has 8 aromatic rings. The third kappa shape index (κ3) is 7.36. The molecule has 0 aliphatic heterocycles. The molecule has 0 bridgehead atoms. The molecule has 1 N–H and O–H groups in total. The van der Waals surface area contributed by atoms with E-state index in [1.54, 1.807) is 6.33 Å². The van der Waals surface area contributed by atoms with Gasteiger partial charge < -0.3 is 14.8 Å². The molecule has 0 aliphatic carbocycles. The van der Waals surface area contributed by atoms with Crippen molar-refractivity contribution in [3.63, 3.8) is 0 Å². The van der Waals surface area contributed by atoms with E-state index in [9.17, 15) is 27.2 Å². The minimum absolute atomic E-state index is 0.0411. The predicted molar refractivity (Wildman–Crippen MR) is 216 cm³/mol. The van der Waals surface area contributed by atoms with Crippen molar-refractivity contribution in [3.05, 3.63) is 190 Å². The number of carbonyl (C=O) groups is 1. The maximum Gasteiger partial charge on any atom is 0.416 e. The van der Waals surface area contributed by atoms with E-state index >= 15 is 4.39 Å². The summed E-state index contributed by atoms with van der Waals surface area (Å²) >= 11 is 0. The molecule has 16 heteroatoms. The summed E-state index contributed by atoms with van der Waals surface area (Å²) in [6, 6.07) is 35.5. The van der Waals surface area contributed by atoms with Crippen LogP contribution in [0.3, 0.4) is 0 Å². The molecule has 0 spiro atoms. The van der Waals surface area contributed by atoms with Crippen molar-refractivity contribution in [2.24, 2.45) is 7.05 Å². The lowest BCUT2D eigenvalue weighted by Crippen LogP contribution is -2.38. The minimum Gasteiger partial charge on any atom is -0.493 e. The number of rotatable bonds is 12. The molecule has 0 unspecified atom stereocenters. The van der Waals surface area contributed by atoms with Crippen LogP contribution in [0.1, 0.15) is 28.1 Å². The molecule has 1 amide bonds. The van der Waals surface area contributed by atoms with Crippen LogP contribution >= 0.6 is 0 Å². The Labute approximate surface area is 344 Å². The highest BCUT2D eigenvalue weighted by atomic mass is 19.4. The summed E-state index contributed by atoms with van der Waals surface area (Å²) in [6.07, 6.45) is -2.19. The van der Waals surface area contributed by atoms with Gasteiger partial charge in [-0.25, -0.2) is 14.2 Å². The van der Waals surface area contributed by atoms with E-state index in [1.165, 1.54) is 38.6 Å². The first-order valence-corrected chi connectivity index (χ1v) is 18.7. The van der Waals surface area contributed by atoms with Crippen molar-refractivity contribution in [1.29, 1.82) is 0 Å². The van der Waals surface area contributed by atoms with E-state index in [0.717, 1.165) is 44.0 Å². The lowest BCUT2D eigenvalue weighted by molar-refractivity contribution is -0.137. The lowest BCUT2D eigenvalue weighted by atomic mass is 9.76. The molecule has 308 valence electrons. The molecule has 0 saturated carbocycles. The fraction of sp³-hybridized carbons (Fsp3) is 0.133. The minimum atomic E-state index is -4.92. The highest BCUT2D eigenvalue weighted by Gasteiger charge is 2.40. The fourth-order valence-electron chi connectivity index (χ4n) is 7.65. The average Bonchev–Trinajstić information content (AvgIpc) is 3.83. The van der Waals surface area contributed by atoms with E-state index in [0.29, 0.717) is 5.82 Å². The number of imidazole rings is 1. The van der Waals surface area contributed by atoms with E-state index in [2.05, 4.69) is 20.5 Å². The van der Waals surface area contributed by atoms with Gasteiger partial charge in [-0.05, 0) is 58.7 Å². The first-order valence-electron chi connectivity index (χ1n) is 18.7. The zero-order chi connectivity index (χ0) is 42.9. The number of nitrogens with one attached hydrogen (secondary N) is 1. The number of pyridine rings is 1. The molecular formula is C45H34F5N7O4. The van der Waals surface area contributed by atoms with Crippen LogP contribution in [-0.2, 0) is 36.7 Å². The highest BCUT2D eigenvalue weighted by Crippen LogP contribution is 2.43. The Hall–Kier alpha value is -7.62. The second-order valence-electron chi connectivity index (χ2n) is 13.9. The largest absolute Gasteiger partial charge is 0.493 e. The number of anilines is 1. The van der Waals surface area contributed by atoms with E-state index in [-0.39, 0.29) is 46.0 Å². The van der Waals surface area contributed by atoms with E-state index < -0.39 is 47.2 Å². The summed E-state index contributed by atoms with van der Waals surface area (Å²) in [5.41, 5.74) is -1.31. The van der Waals surface area contributed by atoms with Gasteiger partial charge >= 0.3 is 11.9 Å². The van der Waals surface area contributed by atoms with Crippen molar-refractivity contribution >= 4 is 22.6 Å². The number of aryl methyl sites for hydroxylation is 1. The van der Waals surface area contributed by atoms with Crippen LogP contribution in [0.2, 0.25) is 0 Å². The molecule has 5 aromatic carbocycles. The van der Waals surface area contributed by atoms with Gasteiger partial charge in [0.2, 0.25) is 11.9 Å². The van der Waals surface area contributed by atoms with Gasteiger partial charge in [0, 0.05) is 18.8 Å². The molecule has 0 aliphatic rings. The number of halogens is 5. The Morgan fingerprint density at radius 2 is 1.43 bits per heavy atom. The second kappa shape index (κ2) is 16.2. The third-order valence-corrected chi connectivity index (χ3v) is 10.3. The van der Waals surface area contributed by atoms with Crippen molar-refractivity contribution < 1.29 is 36.2 Å². The van der Waals surface area contributed by atoms with Crippen LogP contribution in [0.15, 0.2) is 145 Å². The van der Waals surface area contributed by atoms with Crippen LogP contribution in [0.5, 0.6) is 11.5 Å². The van der Waals surface area contributed by atoms with Crippen molar-refractivity contribution in [3.8, 4) is 22.6 Å². The molecule has 8 rings (SSSR count). The number of nitrogens with zero attached hydrogens (tertiary/aromatic N) is 6. The lowest BCUT2D eigenvalue weighted by Gasteiger charge is -2.38. The number of benzene rings is 5. The Bertz CT molecular complexity index is 2840. The van der Waals surface area contributed by atoms with Gasteiger partial charge in [0.15, 0.2) is 23.1 Å². The highest BCUT2D eigenvalue weighted by molar-refractivity contribution is 5.96. The molecule has 0 atom stereocenters. The topological polar surface area (TPSA) is 118 Å². The molecule has 11 nitrogen and oxygen atoms in total. The normalized spacial score (nSPS) is 11.8. The summed E-state index contributed by atoms with van der Waals surface area (Å²) in [4.78, 5) is 30.0. The van der Waals surface area contributed by atoms with E-state index in [1.807, 2.05) is 95.6 Å². The van der Waals surface area contributed by atoms with Gasteiger partial charge in [0.25, 0.3) is 0 Å². The van der Waals surface area contributed by atoms with Gasteiger partial charge in [0.05, 0.1) is 29.4 Å². The zero-order valence-electron chi connectivity index (χ0n) is 32.4. The number of methoxy groups -OCH3 is 1. The van der Waals surface area contributed by atoms with Crippen LogP contribution in [0, 0.1) is 11.8 Å². The number of hydrogen-bond donors (Lipinski definition) is 1. The number of aromatic nitrogens is 6. The standard InChI is InChI=1S/C45H34F5N7O4/c1-55-40-33(23-32(45(48,49)50)24-36(40)56(43(55)59)25-39(58)53-35-19-12-20-51-42(35)47)28-21-34(46)41(37(22-28)60-2)61-26-38-54-52-27-57(38)44(29-13-6-3-7-14-29,30-15-8-4-9-16-30)31-17-10-5-11-18-31/h3-24,27H,25-26H2,1-2H3,(H,53,58). The Morgan fingerprint density at radius 1 is 0.803 bits per heavy atom. The Kier molecular flexibility index (Phi) is 10.7. The molecule has 0 saturated heterocycles. The Balaban J connectivity index is 1.19. The van der Waals surface area contributed by atoms with Crippen LogP contribution in [-0.4, -0.2) is 41.9 Å². The van der Waals surface area contributed by atoms with Crippen molar-refractivity contribution in [2.75, 3.05) is 12.4 Å². The molecule has 0 fully saturated rings. The summed E-state index contributed by atoms with van der Waals surface area (Å²) in [5.74, 6) is -3.12. The molecule has 3 heterocycles. The van der Waals surface area contributed by atoms with Gasteiger partial charge in [0.1, 0.15) is 25.0 Å². The summed E-state index contributed by atoms with van der Waals surface area (Å²) in [5, 5.41) is 10.9. The number of alkyl halides is 3. The second-order valence-corrected chi connectivity index (χ2v) is 13.9. The summed E-state index contributed by atoms with van der Waals surface area (Å²) in [7, 11) is 2.55. The summed E-state index contributed by atoms with van der Waals surface area (Å²) < 4.78 is 89.4. The predicted octanol–water partition coefficient (Wildman–Crippen LogP) is 8.36. The maximum atomic E-state index is 16.4. The van der Waals surface area contributed by atoms with Gasteiger partial charge in [-0.2, -0.15) is 17.6 Å². The van der Waals surface area contributed by atoms with E-state index in [4.69, 9.17) is 9.47 Å². The number of hydrogen-bond acceptors (Lipinski definition) is 7. The fourth-order valence-corrected chi connectivity index (χ4v) is 7.65. The monoisotopic (exact) mass is 831 g/mol. The number of amides is 1. The zero-order valence-corrected chi connectivity index (χ0v) is 32.4. The Morgan fingerprint density at radius 3 is 2.00 bits per heavy atom. The smallest absolute Gasteiger partial charge is 0.416 e. The van der Waals surface area contributed by atoms with Gasteiger partial charge in [-0.3, -0.25) is 18.5 Å². The first kappa shape index (κ1) is 40.2. The molecule has 0 radical (unpaired) electrons. The quantitative estimate of drug-likeness (QED) is 0.0747. The van der Waals surface area contributed by atoms with Crippen LogP contribution in [0.4, 0.5) is 27.6 Å². The molecule has 3 aromatic heterocycles. The third-order valence-electron chi connectivity index (χ3n) is 10.3. The molecule has 61 heavy (non-hydrogen) atoms. The van der Waals surface area contributed by atoms with Crippen LogP contribution < -0.4 is 20.5 Å². The first-order chi connectivity index (χ1) is 29.4. The average molecular weight is 832 g/mol. The van der Waals surface area contributed by atoms with Gasteiger partial charge in [-0.1, -0.05) is 91.0 Å². The molecular weight excluding hydrogens is 798 g/mol. The van der Waals surface area contributed by atoms with Crippen molar-refractivity contribution in [2.45, 2.75) is 24.9 Å². The number of fused-ring (bicyclic) bond motifs is 1. The SMILES string of the molecule is COc1cc(-c2cc(C(F)(F)F)cc3c2n(C)c(=O)n3CC(=O)Nc2cccnc2F)cc(F)c1OCc1nncn1C(c1ccccc1)(c1ccccc1)c1ccccc1.